The Morgan fingerprint density at radius 3 is 2.25 bits per heavy atom. The van der Waals surface area contributed by atoms with Gasteiger partial charge < -0.3 is 40.7 Å². The molecule has 0 aliphatic carbocycles. The van der Waals surface area contributed by atoms with Gasteiger partial charge in [0.2, 0.25) is 29.5 Å². The van der Waals surface area contributed by atoms with Crippen LogP contribution in [0.25, 0.3) is 0 Å². The summed E-state index contributed by atoms with van der Waals surface area (Å²) in [7, 11) is 0. The number of halogens is 1. The minimum atomic E-state index is -1.48. The summed E-state index contributed by atoms with van der Waals surface area (Å²) < 4.78 is 5.94. The Hall–Kier alpha value is -5.18. The van der Waals surface area contributed by atoms with E-state index >= 15 is 0 Å². The Bertz CT molecular complexity index is 1830. The lowest BCUT2D eigenvalue weighted by molar-refractivity contribution is -0.163. The molecule has 1 unspecified atom stereocenters. The number of anilines is 1. The first kappa shape index (κ1) is 40.5. The third-order valence-electron chi connectivity index (χ3n) is 11.1. The number of carbonyl (C=O) groups is 7. The van der Waals surface area contributed by atoms with E-state index in [9.17, 15) is 33.6 Å². The number of ether oxygens (including phenoxy) is 1. The summed E-state index contributed by atoms with van der Waals surface area (Å²) in [6, 6.07) is 8.43. The molecule has 4 aliphatic rings. The number of nitrogens with zero attached hydrogens (tertiary/aromatic N) is 3. The number of rotatable bonds is 6. The SMILES string of the molecule is CC1OC(=O)[C@@H]2C[C@@H](C)CN2C(=O)[C@H](C)NC(=O)[C@@H]2CCCCN2C(=O)[C@@H]2CCCN2C(=O)[C@H]1NC(=O)[C@H](Cc1ccccc1)NC(=O)Nc1ccccc1Cl. The largest absolute Gasteiger partial charge is 0.458 e. The number of piperidine rings is 1. The second-order valence-corrected chi connectivity index (χ2v) is 15.7. The maximum atomic E-state index is 14.7. The first-order valence-corrected chi connectivity index (χ1v) is 19.8. The Labute approximate surface area is 331 Å². The first-order chi connectivity index (χ1) is 26.8. The highest BCUT2D eigenvalue weighted by Gasteiger charge is 2.47. The van der Waals surface area contributed by atoms with Crippen molar-refractivity contribution in [3.8, 4) is 0 Å². The van der Waals surface area contributed by atoms with E-state index in [1.165, 1.54) is 21.6 Å². The van der Waals surface area contributed by atoms with E-state index < -0.39 is 83.9 Å². The summed E-state index contributed by atoms with van der Waals surface area (Å²) in [6.45, 7) is 5.69. The van der Waals surface area contributed by atoms with Crippen LogP contribution in [0.15, 0.2) is 54.6 Å². The molecule has 4 aliphatic heterocycles. The lowest BCUT2D eigenvalue weighted by Gasteiger charge is -2.39. The van der Waals surface area contributed by atoms with Crippen molar-refractivity contribution < 1.29 is 38.3 Å². The van der Waals surface area contributed by atoms with Crippen LogP contribution < -0.4 is 21.3 Å². The van der Waals surface area contributed by atoms with Gasteiger partial charge in [-0.15, -0.1) is 0 Å². The monoisotopic (exact) mass is 791 g/mol. The van der Waals surface area contributed by atoms with Crippen LogP contribution in [0.5, 0.6) is 0 Å². The molecule has 4 saturated heterocycles. The molecule has 16 heteroatoms. The third kappa shape index (κ3) is 9.09. The summed E-state index contributed by atoms with van der Waals surface area (Å²) in [5, 5.41) is 11.2. The van der Waals surface area contributed by atoms with Crippen LogP contribution in [0.2, 0.25) is 5.02 Å². The van der Waals surface area contributed by atoms with Gasteiger partial charge in [-0.05, 0) is 76.0 Å². The number of cyclic esters (lactones) is 1. The van der Waals surface area contributed by atoms with E-state index in [0.29, 0.717) is 56.3 Å². The number of esters is 1. The van der Waals surface area contributed by atoms with Crippen molar-refractivity contribution in [1.82, 2.24) is 30.7 Å². The van der Waals surface area contributed by atoms with Crippen LogP contribution in [-0.2, 0) is 39.9 Å². The minimum Gasteiger partial charge on any atom is -0.458 e. The molecule has 4 fully saturated rings. The van der Waals surface area contributed by atoms with E-state index in [0.717, 1.165) is 0 Å². The Morgan fingerprint density at radius 1 is 0.821 bits per heavy atom. The molecular weight excluding hydrogens is 742 g/mol. The van der Waals surface area contributed by atoms with Crippen molar-refractivity contribution >= 4 is 58.8 Å². The van der Waals surface area contributed by atoms with Crippen molar-refractivity contribution in [1.29, 1.82) is 0 Å². The topological polar surface area (TPSA) is 187 Å². The molecule has 2 aromatic carbocycles. The number of amides is 7. The van der Waals surface area contributed by atoms with Crippen LogP contribution >= 0.6 is 11.6 Å². The zero-order chi connectivity index (χ0) is 40.1. The molecule has 7 amide bonds. The zero-order valence-corrected chi connectivity index (χ0v) is 32.6. The Kier molecular flexibility index (Phi) is 12.8. The van der Waals surface area contributed by atoms with Gasteiger partial charge in [0, 0.05) is 26.1 Å². The first-order valence-electron chi connectivity index (χ1n) is 19.4. The van der Waals surface area contributed by atoms with Crippen LogP contribution in [0.4, 0.5) is 10.5 Å². The molecule has 8 atom stereocenters. The molecule has 15 nitrogen and oxygen atoms in total. The van der Waals surface area contributed by atoms with Crippen molar-refractivity contribution in [3.63, 3.8) is 0 Å². The lowest BCUT2D eigenvalue weighted by Crippen LogP contribution is -2.63. The van der Waals surface area contributed by atoms with Crippen LogP contribution in [-0.4, -0.2) is 118 Å². The molecule has 4 N–H and O–H groups in total. The molecule has 6 rings (SSSR count). The van der Waals surface area contributed by atoms with E-state index in [1.807, 2.05) is 13.0 Å². The molecule has 0 spiro atoms. The average Bonchev–Trinajstić information content (AvgIpc) is 3.84. The van der Waals surface area contributed by atoms with Crippen molar-refractivity contribution in [2.24, 2.45) is 5.92 Å². The van der Waals surface area contributed by atoms with Gasteiger partial charge in [-0.3, -0.25) is 24.0 Å². The molecule has 300 valence electrons. The van der Waals surface area contributed by atoms with E-state index in [2.05, 4.69) is 21.3 Å². The summed E-state index contributed by atoms with van der Waals surface area (Å²) in [6.07, 6.45) is 1.66. The van der Waals surface area contributed by atoms with Crippen LogP contribution in [0, 0.1) is 5.92 Å². The normalized spacial score (nSPS) is 28.0. The highest BCUT2D eigenvalue weighted by Crippen LogP contribution is 2.29. The highest BCUT2D eigenvalue weighted by atomic mass is 35.5. The highest BCUT2D eigenvalue weighted by molar-refractivity contribution is 6.33. The van der Waals surface area contributed by atoms with E-state index in [-0.39, 0.29) is 30.5 Å². The fourth-order valence-electron chi connectivity index (χ4n) is 8.16. The molecule has 2 aromatic rings. The fourth-order valence-corrected chi connectivity index (χ4v) is 8.34. The number of urea groups is 1. The van der Waals surface area contributed by atoms with Gasteiger partial charge in [0.1, 0.15) is 42.4 Å². The van der Waals surface area contributed by atoms with Gasteiger partial charge in [-0.25, -0.2) is 9.59 Å². The standard InChI is InChI=1S/C40H50ClN7O8/c1-23-20-32-39(54)56-25(3)33(45-34(49)29(21-26-12-5-4-6-13-26)44-40(55)43-28-15-8-7-14-27(28)41)38(53)47-19-11-17-31(47)37(52)46-18-10-9-16-30(46)35(50)42-24(2)36(51)48(32)22-23/h4-8,12-15,23-25,29-33H,9-11,16-22H2,1-3H3,(H,42,50)(H,45,49)(H2,43,44,55)/t23-,24+,25?,29+,30+,31+,32+,33+/m1/s1. The Balaban J connectivity index is 1.33. The number of para-hydroxylation sites is 1. The van der Waals surface area contributed by atoms with Gasteiger partial charge in [-0.2, -0.15) is 0 Å². The van der Waals surface area contributed by atoms with Crippen molar-refractivity contribution in [2.45, 2.75) is 108 Å². The second-order valence-electron chi connectivity index (χ2n) is 15.3. The zero-order valence-electron chi connectivity index (χ0n) is 31.9. The average molecular weight is 792 g/mol. The Morgan fingerprint density at radius 2 is 1.50 bits per heavy atom. The molecule has 4 heterocycles. The van der Waals surface area contributed by atoms with Gasteiger partial charge in [0.15, 0.2) is 0 Å². The smallest absolute Gasteiger partial charge is 0.329 e. The minimum absolute atomic E-state index is 0.0378. The van der Waals surface area contributed by atoms with Gasteiger partial charge in [0.05, 0.1) is 10.7 Å². The van der Waals surface area contributed by atoms with Gasteiger partial charge in [-0.1, -0.05) is 61.0 Å². The van der Waals surface area contributed by atoms with Crippen LogP contribution in [0.3, 0.4) is 0 Å². The van der Waals surface area contributed by atoms with E-state index in [4.69, 9.17) is 16.3 Å². The molecular formula is C40H50ClN7O8. The molecule has 0 radical (unpaired) electrons. The number of hydrogen-bond acceptors (Lipinski definition) is 8. The summed E-state index contributed by atoms with van der Waals surface area (Å²) in [5.74, 6) is -3.56. The summed E-state index contributed by atoms with van der Waals surface area (Å²) in [5.41, 5.74) is 1.04. The fraction of sp³-hybridized carbons (Fsp3) is 0.525. The second kappa shape index (κ2) is 17.7. The van der Waals surface area contributed by atoms with Crippen LogP contribution in [0.1, 0.15) is 64.9 Å². The summed E-state index contributed by atoms with van der Waals surface area (Å²) in [4.78, 5) is 102. The molecule has 56 heavy (non-hydrogen) atoms. The lowest BCUT2D eigenvalue weighted by atomic mass is 9.99. The number of fused-ring (bicyclic) bond motifs is 3. The predicted molar refractivity (Wildman–Crippen MR) is 206 cm³/mol. The van der Waals surface area contributed by atoms with Gasteiger partial charge in [0.25, 0.3) is 0 Å². The molecule has 0 aromatic heterocycles. The van der Waals surface area contributed by atoms with E-state index in [1.54, 1.807) is 55.5 Å². The third-order valence-corrected chi connectivity index (χ3v) is 11.4. The number of nitrogens with one attached hydrogen (secondary N) is 4. The summed E-state index contributed by atoms with van der Waals surface area (Å²) >= 11 is 6.26. The number of benzene rings is 2. The number of carbonyl (C=O) groups excluding carboxylic acids is 7. The van der Waals surface area contributed by atoms with Gasteiger partial charge >= 0.3 is 12.0 Å². The maximum Gasteiger partial charge on any atom is 0.329 e. The molecule has 0 saturated carbocycles. The van der Waals surface area contributed by atoms with Crippen molar-refractivity contribution in [2.75, 3.05) is 25.0 Å². The quantitative estimate of drug-likeness (QED) is 0.322. The van der Waals surface area contributed by atoms with Crippen molar-refractivity contribution in [3.05, 3.63) is 65.2 Å². The molecule has 0 bridgehead atoms. The number of hydrogen-bond donors (Lipinski definition) is 4. The predicted octanol–water partition coefficient (Wildman–Crippen LogP) is 2.62. The maximum absolute atomic E-state index is 14.7.